The zero-order chi connectivity index (χ0) is 13.9. The van der Waals surface area contributed by atoms with Gasteiger partial charge in [-0.15, -0.1) is 0 Å². The van der Waals surface area contributed by atoms with Gasteiger partial charge >= 0.3 is 0 Å². The predicted octanol–water partition coefficient (Wildman–Crippen LogP) is 2.80. The Balaban J connectivity index is 2.34. The van der Waals surface area contributed by atoms with Gasteiger partial charge in [0.25, 0.3) is 0 Å². The van der Waals surface area contributed by atoms with Crippen molar-refractivity contribution >= 4 is 5.82 Å². The molecule has 0 amide bonds. The normalized spacial score (nSPS) is 10.5. The van der Waals surface area contributed by atoms with Gasteiger partial charge < -0.3 is 14.8 Å². The molecule has 0 atom stereocenters. The van der Waals surface area contributed by atoms with Gasteiger partial charge in [0.1, 0.15) is 18.2 Å². The van der Waals surface area contributed by atoms with E-state index in [9.17, 15) is 0 Å². The van der Waals surface area contributed by atoms with Crippen LogP contribution in [-0.4, -0.2) is 36.3 Å². The van der Waals surface area contributed by atoms with Crippen molar-refractivity contribution in [2.75, 3.05) is 31.7 Å². The Morgan fingerprint density at radius 1 is 1.11 bits per heavy atom. The lowest BCUT2D eigenvalue weighted by molar-refractivity contribution is 0.0964. The van der Waals surface area contributed by atoms with Gasteiger partial charge in [-0.3, -0.25) is 0 Å². The molecule has 108 valence electrons. The quantitative estimate of drug-likeness (QED) is 0.661. The molecule has 1 heterocycles. The van der Waals surface area contributed by atoms with E-state index in [4.69, 9.17) is 9.47 Å². The van der Waals surface area contributed by atoms with Crippen molar-refractivity contribution in [3.05, 3.63) is 11.9 Å². The summed E-state index contributed by atoms with van der Waals surface area (Å²) in [4.78, 5) is 8.55. The second-order valence-corrected chi connectivity index (χ2v) is 4.38. The third-order valence-electron chi connectivity index (χ3n) is 2.49. The number of nitrogens with zero attached hydrogens (tertiary/aromatic N) is 2. The van der Waals surface area contributed by atoms with E-state index in [1.807, 2.05) is 13.0 Å². The van der Waals surface area contributed by atoms with Crippen LogP contribution in [-0.2, 0) is 4.74 Å². The Labute approximate surface area is 115 Å². The number of aryl methyl sites for hydroxylation is 1. The Hall–Kier alpha value is -1.36. The number of hydrogen-bond acceptors (Lipinski definition) is 5. The molecule has 1 rings (SSSR count). The Bertz CT molecular complexity index is 359. The molecule has 5 heteroatoms. The third kappa shape index (κ3) is 6.96. The molecule has 0 aliphatic heterocycles. The topological polar surface area (TPSA) is 56.3 Å². The zero-order valence-electron chi connectivity index (χ0n) is 12.2. The van der Waals surface area contributed by atoms with Crippen LogP contribution in [0, 0.1) is 6.92 Å². The first kappa shape index (κ1) is 15.7. The first-order valence-corrected chi connectivity index (χ1v) is 7.06. The van der Waals surface area contributed by atoms with Crippen molar-refractivity contribution in [3.63, 3.8) is 0 Å². The van der Waals surface area contributed by atoms with E-state index in [2.05, 4.69) is 29.1 Å². The van der Waals surface area contributed by atoms with E-state index in [0.717, 1.165) is 38.2 Å². The monoisotopic (exact) mass is 267 g/mol. The lowest BCUT2D eigenvalue weighted by Gasteiger charge is -2.09. The minimum Gasteiger partial charge on any atom is -0.475 e. The van der Waals surface area contributed by atoms with Crippen LogP contribution in [0.25, 0.3) is 0 Å². The maximum Gasteiger partial charge on any atom is 0.218 e. The smallest absolute Gasteiger partial charge is 0.218 e. The summed E-state index contributed by atoms with van der Waals surface area (Å²) in [6.45, 7) is 8.94. The molecule has 1 N–H and O–H groups in total. The molecule has 0 spiro atoms. The summed E-state index contributed by atoms with van der Waals surface area (Å²) in [5, 5.41) is 3.23. The van der Waals surface area contributed by atoms with E-state index in [0.29, 0.717) is 24.9 Å². The van der Waals surface area contributed by atoms with E-state index in [1.54, 1.807) is 0 Å². The molecule has 0 aliphatic rings. The van der Waals surface area contributed by atoms with Crippen molar-refractivity contribution in [1.82, 2.24) is 9.97 Å². The van der Waals surface area contributed by atoms with Gasteiger partial charge in [0.05, 0.1) is 6.61 Å². The molecule has 0 aromatic carbocycles. The van der Waals surface area contributed by atoms with E-state index >= 15 is 0 Å². The molecule has 0 unspecified atom stereocenters. The van der Waals surface area contributed by atoms with E-state index in [-0.39, 0.29) is 0 Å². The standard InChI is InChI=1S/C14H25N3O2/c1-4-6-8-18-9-10-19-14-11-13(15-7-5-2)16-12(3)17-14/h11H,4-10H2,1-3H3,(H,15,16,17). The second-order valence-electron chi connectivity index (χ2n) is 4.38. The summed E-state index contributed by atoms with van der Waals surface area (Å²) >= 11 is 0. The van der Waals surface area contributed by atoms with Gasteiger partial charge in [-0.05, 0) is 19.8 Å². The minimum absolute atomic E-state index is 0.521. The summed E-state index contributed by atoms with van der Waals surface area (Å²) < 4.78 is 11.0. The summed E-state index contributed by atoms with van der Waals surface area (Å²) in [5.74, 6) is 2.13. The molecule has 1 aromatic heterocycles. The lowest BCUT2D eigenvalue weighted by atomic mass is 10.4. The van der Waals surface area contributed by atoms with Crippen LogP contribution < -0.4 is 10.1 Å². The van der Waals surface area contributed by atoms with Crippen LogP contribution in [0.4, 0.5) is 5.82 Å². The molecule has 0 saturated carbocycles. The summed E-state index contributed by atoms with van der Waals surface area (Å²) in [5.41, 5.74) is 0. The molecule has 19 heavy (non-hydrogen) atoms. The predicted molar refractivity (Wildman–Crippen MR) is 76.8 cm³/mol. The molecular formula is C14H25N3O2. The van der Waals surface area contributed by atoms with Crippen molar-refractivity contribution in [1.29, 1.82) is 0 Å². The zero-order valence-corrected chi connectivity index (χ0v) is 12.2. The van der Waals surface area contributed by atoms with Crippen LogP contribution in [0.1, 0.15) is 38.9 Å². The largest absolute Gasteiger partial charge is 0.475 e. The lowest BCUT2D eigenvalue weighted by Crippen LogP contribution is -2.10. The summed E-state index contributed by atoms with van der Waals surface area (Å²) in [6, 6.07) is 1.83. The molecule has 1 aromatic rings. The third-order valence-corrected chi connectivity index (χ3v) is 2.49. The number of nitrogens with one attached hydrogen (secondary N) is 1. The highest BCUT2D eigenvalue weighted by Crippen LogP contribution is 2.13. The Kier molecular flexibility index (Phi) is 7.89. The van der Waals surface area contributed by atoms with E-state index in [1.165, 1.54) is 0 Å². The van der Waals surface area contributed by atoms with Gasteiger partial charge in [-0.1, -0.05) is 20.3 Å². The fraction of sp³-hybridized carbons (Fsp3) is 0.714. The maximum atomic E-state index is 5.57. The molecule has 0 fully saturated rings. The van der Waals surface area contributed by atoms with Gasteiger partial charge in [-0.25, -0.2) is 4.98 Å². The number of aromatic nitrogens is 2. The highest BCUT2D eigenvalue weighted by Gasteiger charge is 2.02. The molecule has 0 bridgehead atoms. The van der Waals surface area contributed by atoms with Crippen LogP contribution in [0.3, 0.4) is 0 Å². The van der Waals surface area contributed by atoms with E-state index < -0.39 is 0 Å². The van der Waals surface area contributed by atoms with Crippen molar-refractivity contribution in [2.24, 2.45) is 0 Å². The number of anilines is 1. The van der Waals surface area contributed by atoms with Crippen molar-refractivity contribution in [2.45, 2.75) is 40.0 Å². The van der Waals surface area contributed by atoms with Crippen LogP contribution in [0.2, 0.25) is 0 Å². The first-order chi connectivity index (χ1) is 9.26. The average molecular weight is 267 g/mol. The number of ether oxygens (including phenoxy) is 2. The highest BCUT2D eigenvalue weighted by atomic mass is 16.5. The highest BCUT2D eigenvalue weighted by molar-refractivity contribution is 5.38. The second kappa shape index (κ2) is 9.55. The fourth-order valence-corrected chi connectivity index (χ4v) is 1.51. The van der Waals surface area contributed by atoms with Gasteiger partial charge in [0, 0.05) is 19.2 Å². The number of unbranched alkanes of at least 4 members (excludes halogenated alkanes) is 1. The summed E-state index contributed by atoms with van der Waals surface area (Å²) in [7, 11) is 0. The maximum absolute atomic E-state index is 5.57. The molecular weight excluding hydrogens is 242 g/mol. The van der Waals surface area contributed by atoms with Gasteiger partial charge in [-0.2, -0.15) is 4.98 Å². The van der Waals surface area contributed by atoms with Crippen LogP contribution >= 0.6 is 0 Å². The average Bonchev–Trinajstić information content (AvgIpc) is 2.40. The first-order valence-electron chi connectivity index (χ1n) is 7.06. The summed E-state index contributed by atoms with van der Waals surface area (Å²) in [6.07, 6.45) is 3.31. The van der Waals surface area contributed by atoms with Gasteiger partial charge in [0.2, 0.25) is 5.88 Å². The van der Waals surface area contributed by atoms with Crippen LogP contribution in [0.15, 0.2) is 6.07 Å². The van der Waals surface area contributed by atoms with Crippen molar-refractivity contribution < 1.29 is 9.47 Å². The van der Waals surface area contributed by atoms with Crippen LogP contribution in [0.5, 0.6) is 5.88 Å². The fourth-order valence-electron chi connectivity index (χ4n) is 1.51. The van der Waals surface area contributed by atoms with Crippen molar-refractivity contribution in [3.8, 4) is 5.88 Å². The molecule has 5 nitrogen and oxygen atoms in total. The Morgan fingerprint density at radius 3 is 2.68 bits per heavy atom. The van der Waals surface area contributed by atoms with Gasteiger partial charge in [0.15, 0.2) is 0 Å². The number of rotatable bonds is 10. The Morgan fingerprint density at radius 2 is 1.95 bits per heavy atom. The molecule has 0 aliphatic carbocycles. The minimum atomic E-state index is 0.521. The number of hydrogen-bond donors (Lipinski definition) is 1. The molecule has 0 radical (unpaired) electrons. The SMILES string of the molecule is CCCCOCCOc1cc(NCCC)nc(C)n1. The molecule has 0 saturated heterocycles.